The van der Waals surface area contributed by atoms with Crippen LogP contribution in [0.1, 0.15) is 23.6 Å². The summed E-state index contributed by atoms with van der Waals surface area (Å²) >= 11 is 0. The topological polar surface area (TPSA) is 61.4 Å². The van der Waals surface area contributed by atoms with Gasteiger partial charge in [-0.2, -0.15) is 0 Å². The van der Waals surface area contributed by atoms with Gasteiger partial charge in [0.05, 0.1) is 12.1 Å². The maximum Gasteiger partial charge on any atom is 0.315 e. The number of nitrogens with one attached hydrogen (secondary N) is 2. The summed E-state index contributed by atoms with van der Waals surface area (Å²) in [6.45, 7) is 0.470. The number of amides is 3. The van der Waals surface area contributed by atoms with Gasteiger partial charge < -0.3 is 15.5 Å². The van der Waals surface area contributed by atoms with Gasteiger partial charge in [-0.25, -0.2) is 4.79 Å². The summed E-state index contributed by atoms with van der Waals surface area (Å²) in [5.41, 5.74) is 2.86. The van der Waals surface area contributed by atoms with Crippen LogP contribution in [0.25, 0.3) is 0 Å². The van der Waals surface area contributed by atoms with Crippen molar-refractivity contribution in [1.82, 2.24) is 10.6 Å². The minimum absolute atomic E-state index is 0.0177. The molecule has 0 aromatic heterocycles. The molecule has 1 aliphatic heterocycles. The summed E-state index contributed by atoms with van der Waals surface area (Å²) in [6.07, 6.45) is 0.295. The van der Waals surface area contributed by atoms with E-state index in [4.69, 9.17) is 0 Å². The minimum Gasteiger partial charge on any atom is -0.333 e. The Morgan fingerprint density at radius 2 is 1.34 bits per heavy atom. The van der Waals surface area contributed by atoms with E-state index in [1.54, 1.807) is 4.90 Å². The van der Waals surface area contributed by atoms with Crippen molar-refractivity contribution >= 4 is 17.6 Å². The van der Waals surface area contributed by atoms with E-state index in [0.717, 1.165) is 16.8 Å². The molecule has 146 valence electrons. The molecule has 1 atom stereocenters. The Labute approximate surface area is 170 Å². The second kappa shape index (κ2) is 8.61. The van der Waals surface area contributed by atoms with Crippen molar-refractivity contribution in [3.63, 3.8) is 0 Å². The lowest BCUT2D eigenvalue weighted by molar-refractivity contribution is -0.117. The Kier molecular flexibility index (Phi) is 5.56. The highest BCUT2D eigenvalue weighted by molar-refractivity contribution is 5.96. The lowest BCUT2D eigenvalue weighted by atomic mass is 9.99. The molecule has 1 unspecified atom stereocenters. The van der Waals surface area contributed by atoms with E-state index in [1.165, 1.54) is 0 Å². The molecule has 0 radical (unpaired) electrons. The van der Waals surface area contributed by atoms with Gasteiger partial charge in [0.25, 0.3) is 0 Å². The molecule has 5 heteroatoms. The molecule has 0 spiro atoms. The second-order valence-corrected chi connectivity index (χ2v) is 7.11. The molecule has 1 fully saturated rings. The van der Waals surface area contributed by atoms with Gasteiger partial charge in [-0.3, -0.25) is 4.79 Å². The number of hydrogen-bond acceptors (Lipinski definition) is 2. The Morgan fingerprint density at radius 3 is 1.90 bits per heavy atom. The third-order valence-electron chi connectivity index (χ3n) is 5.07. The molecule has 3 amide bonds. The van der Waals surface area contributed by atoms with E-state index < -0.39 is 0 Å². The van der Waals surface area contributed by atoms with Crippen LogP contribution in [0.3, 0.4) is 0 Å². The van der Waals surface area contributed by atoms with Crippen LogP contribution in [0.2, 0.25) is 0 Å². The number of benzene rings is 3. The second-order valence-electron chi connectivity index (χ2n) is 7.11. The fourth-order valence-corrected chi connectivity index (χ4v) is 3.67. The number of anilines is 1. The quantitative estimate of drug-likeness (QED) is 0.700. The first-order valence-electron chi connectivity index (χ1n) is 9.73. The molecule has 0 bridgehead atoms. The predicted molar refractivity (Wildman–Crippen MR) is 114 cm³/mol. The first-order valence-corrected chi connectivity index (χ1v) is 9.73. The highest BCUT2D eigenvalue weighted by atomic mass is 16.2. The Morgan fingerprint density at radius 1 is 0.828 bits per heavy atom. The predicted octanol–water partition coefficient (Wildman–Crippen LogP) is 3.88. The van der Waals surface area contributed by atoms with Crippen LogP contribution in [0.5, 0.6) is 0 Å². The number of nitrogens with zero attached hydrogens (tertiary/aromatic N) is 1. The van der Waals surface area contributed by atoms with Crippen molar-refractivity contribution < 1.29 is 9.59 Å². The van der Waals surface area contributed by atoms with Crippen LogP contribution in [0, 0.1) is 0 Å². The van der Waals surface area contributed by atoms with Crippen molar-refractivity contribution in [2.24, 2.45) is 0 Å². The summed E-state index contributed by atoms with van der Waals surface area (Å²) in [5, 5.41) is 6.03. The summed E-state index contributed by atoms with van der Waals surface area (Å²) < 4.78 is 0. The summed E-state index contributed by atoms with van der Waals surface area (Å²) in [6, 6.07) is 28.5. The molecule has 1 heterocycles. The van der Waals surface area contributed by atoms with E-state index in [2.05, 4.69) is 10.6 Å². The Bertz CT molecular complexity index is 922. The molecule has 29 heavy (non-hydrogen) atoms. The summed E-state index contributed by atoms with van der Waals surface area (Å²) in [5.74, 6) is 0.0177. The van der Waals surface area contributed by atoms with Gasteiger partial charge >= 0.3 is 6.03 Å². The van der Waals surface area contributed by atoms with E-state index in [9.17, 15) is 9.59 Å². The van der Waals surface area contributed by atoms with E-state index in [-0.39, 0.29) is 24.0 Å². The molecule has 4 rings (SSSR count). The van der Waals surface area contributed by atoms with Crippen LogP contribution in [0.15, 0.2) is 91.0 Å². The number of rotatable bonds is 5. The first-order chi connectivity index (χ1) is 14.2. The third-order valence-corrected chi connectivity index (χ3v) is 5.07. The van der Waals surface area contributed by atoms with Crippen LogP contribution >= 0.6 is 0 Å². The average Bonchev–Trinajstić information content (AvgIpc) is 3.13. The Hall–Kier alpha value is -3.60. The lowest BCUT2D eigenvalue weighted by Gasteiger charge is -2.22. The third kappa shape index (κ3) is 4.46. The molecule has 0 saturated carbocycles. The van der Waals surface area contributed by atoms with E-state index >= 15 is 0 Å². The van der Waals surface area contributed by atoms with E-state index in [1.807, 2.05) is 91.0 Å². The van der Waals surface area contributed by atoms with Gasteiger partial charge in [-0.15, -0.1) is 0 Å². The van der Waals surface area contributed by atoms with E-state index in [0.29, 0.717) is 13.0 Å². The van der Waals surface area contributed by atoms with Crippen molar-refractivity contribution in [1.29, 1.82) is 0 Å². The summed E-state index contributed by atoms with van der Waals surface area (Å²) in [4.78, 5) is 26.9. The first kappa shape index (κ1) is 18.7. The van der Waals surface area contributed by atoms with Crippen LogP contribution < -0.4 is 15.5 Å². The molecule has 3 aromatic carbocycles. The molecule has 0 aliphatic carbocycles. The largest absolute Gasteiger partial charge is 0.333 e. The van der Waals surface area contributed by atoms with Gasteiger partial charge in [0, 0.05) is 18.7 Å². The monoisotopic (exact) mass is 385 g/mol. The Balaban J connectivity index is 1.44. The maximum absolute atomic E-state index is 12.8. The van der Waals surface area contributed by atoms with Crippen LogP contribution in [-0.2, 0) is 4.79 Å². The number of para-hydroxylation sites is 1. The molecule has 3 aromatic rings. The van der Waals surface area contributed by atoms with Gasteiger partial charge in [0.2, 0.25) is 5.91 Å². The average molecular weight is 385 g/mol. The van der Waals surface area contributed by atoms with Gasteiger partial charge in [-0.05, 0) is 23.3 Å². The molecular formula is C24H23N3O2. The zero-order chi connectivity index (χ0) is 20.1. The normalized spacial score (nSPS) is 16.1. The van der Waals surface area contributed by atoms with Crippen molar-refractivity contribution in [2.45, 2.75) is 18.5 Å². The zero-order valence-corrected chi connectivity index (χ0v) is 16.0. The van der Waals surface area contributed by atoms with Gasteiger partial charge in [0.15, 0.2) is 0 Å². The van der Waals surface area contributed by atoms with Crippen molar-refractivity contribution in [2.75, 3.05) is 11.4 Å². The highest BCUT2D eigenvalue weighted by Crippen LogP contribution is 2.23. The molecule has 5 nitrogen and oxygen atoms in total. The molecule has 1 aliphatic rings. The smallest absolute Gasteiger partial charge is 0.315 e. The fraction of sp³-hybridized carbons (Fsp3) is 0.167. The van der Waals surface area contributed by atoms with Gasteiger partial charge in [0.1, 0.15) is 0 Å². The SMILES string of the molecule is O=C(NC1CC(=O)N(c2ccccc2)C1)NC(c1ccccc1)c1ccccc1. The molecule has 2 N–H and O–H groups in total. The maximum atomic E-state index is 12.8. The van der Waals surface area contributed by atoms with Crippen molar-refractivity contribution in [3.05, 3.63) is 102 Å². The zero-order valence-electron chi connectivity index (χ0n) is 16.0. The van der Waals surface area contributed by atoms with Gasteiger partial charge in [-0.1, -0.05) is 78.9 Å². The molecular weight excluding hydrogens is 362 g/mol. The van der Waals surface area contributed by atoms with Crippen LogP contribution in [-0.4, -0.2) is 24.5 Å². The number of carbonyl (C=O) groups excluding carboxylic acids is 2. The number of hydrogen-bond donors (Lipinski definition) is 2. The fourth-order valence-electron chi connectivity index (χ4n) is 3.67. The number of carbonyl (C=O) groups is 2. The minimum atomic E-state index is -0.282. The number of urea groups is 1. The lowest BCUT2D eigenvalue weighted by Crippen LogP contribution is -2.44. The highest BCUT2D eigenvalue weighted by Gasteiger charge is 2.32. The van der Waals surface area contributed by atoms with Crippen molar-refractivity contribution in [3.8, 4) is 0 Å². The van der Waals surface area contributed by atoms with Crippen LogP contribution in [0.4, 0.5) is 10.5 Å². The summed E-state index contributed by atoms with van der Waals surface area (Å²) in [7, 11) is 0. The molecule has 1 saturated heterocycles. The standard InChI is InChI=1S/C24H23N3O2/c28-22-16-20(17-27(22)21-14-8-3-9-15-21)25-24(29)26-23(18-10-4-1-5-11-18)19-12-6-2-7-13-19/h1-15,20,23H,16-17H2,(H2,25,26,29).